The molecule has 0 bridgehead atoms. The van der Waals surface area contributed by atoms with Crippen LogP contribution in [0.5, 0.6) is 0 Å². The fourth-order valence-electron chi connectivity index (χ4n) is 10.3. The number of carbonyl (C=O) groups is 1. The van der Waals surface area contributed by atoms with Gasteiger partial charge in [-0.05, 0) is 125 Å². The molecule has 5 aliphatic carbocycles. The fraction of sp³-hybridized carbons (Fsp3) is 0.855. The van der Waals surface area contributed by atoms with Crippen LogP contribution in [0.15, 0.2) is 0 Å². The second kappa shape index (κ2) is 43.6. The minimum Gasteiger partial charge on any atom is -0.449 e. The van der Waals surface area contributed by atoms with Crippen LogP contribution in [0.3, 0.4) is 0 Å². The van der Waals surface area contributed by atoms with Gasteiger partial charge in [-0.25, -0.2) is 4.79 Å². The molecule has 0 aromatic carbocycles. The second-order valence-corrected chi connectivity index (χ2v) is 21.8. The topological polar surface area (TPSA) is 176 Å². The van der Waals surface area contributed by atoms with E-state index in [4.69, 9.17) is 56.8 Å². The molecule has 17 heteroatoms. The number of amides is 1. The van der Waals surface area contributed by atoms with Crippen LogP contribution in [-0.2, 0) is 56.8 Å². The summed E-state index contributed by atoms with van der Waals surface area (Å²) in [7, 11) is 0. The van der Waals surface area contributed by atoms with Gasteiger partial charge in [0.25, 0.3) is 0 Å². The van der Waals surface area contributed by atoms with Gasteiger partial charge in [0.05, 0.1) is 158 Å². The number of carbonyl (C=O) groups excluding carboxylic acids is 1. The van der Waals surface area contributed by atoms with Gasteiger partial charge in [-0.3, -0.25) is 16.0 Å². The lowest BCUT2D eigenvalue weighted by Crippen LogP contribution is -2.43. The van der Waals surface area contributed by atoms with Gasteiger partial charge in [0.2, 0.25) is 0 Å². The zero-order valence-electron chi connectivity index (χ0n) is 48.8. The van der Waals surface area contributed by atoms with E-state index in [-0.39, 0.29) is 0 Å². The van der Waals surface area contributed by atoms with Crippen molar-refractivity contribution in [3.63, 3.8) is 0 Å². The van der Waals surface area contributed by atoms with Crippen LogP contribution in [0.1, 0.15) is 104 Å². The minimum absolute atomic E-state index is 0.299. The quantitative estimate of drug-likeness (QED) is 0.0304. The number of hydrogen-bond donors (Lipinski definition) is 4. The first kappa shape index (κ1) is 66.7. The third-order valence-corrected chi connectivity index (χ3v) is 15.4. The van der Waals surface area contributed by atoms with Crippen LogP contribution in [0, 0.1) is 106 Å². The first-order valence-corrected chi connectivity index (χ1v) is 30.1. The SMILES string of the molecule is CC#CCC[C@@H]1C[C@@H]1COCNCCOCCOCC(COCCOCCNCOC[C@H]1C[C@H]1CCC#CC)(COCCOCCNCOC[C@H]1C[C@H]1CCC#CC)COCCOCCNC(=O)OCC1[C@H]2CCC#CCC[C@@H]12. The molecule has 0 radical (unpaired) electrons. The summed E-state index contributed by atoms with van der Waals surface area (Å²) in [5.74, 6) is 30.9. The van der Waals surface area contributed by atoms with E-state index >= 15 is 0 Å². The zero-order chi connectivity index (χ0) is 55.5. The Bertz CT molecular complexity index is 1690. The summed E-state index contributed by atoms with van der Waals surface area (Å²) in [6, 6.07) is 0. The van der Waals surface area contributed by atoms with Crippen LogP contribution >= 0.6 is 0 Å². The normalized spacial score (nSPS) is 23.3. The van der Waals surface area contributed by atoms with Gasteiger partial charge in [-0.15, -0.1) is 47.4 Å². The van der Waals surface area contributed by atoms with Gasteiger partial charge in [0, 0.05) is 58.3 Å². The standard InChI is InChI=1S/C62H102N4O13/c1-4-7-12-17-52-38-55(52)41-76-49-63-22-26-68-30-34-72-45-62(46-73-35-31-69-27-23-64-50-77-42-56-39-53(56)18-13-8-5-2,47-74-36-32-70-28-24-65-51-78-43-57-40-54(57)19-14-9-6-3)48-75-37-33-71-29-25-66-61(67)79-44-60-58-20-15-10-11-16-21-59(58)60/h52-60,63-65H,12-51H2,1-3H3,(H,66,67)/t52-,53-,54-,55-,56-,57-,58-,59+,60?/m1/s1. The summed E-state index contributed by atoms with van der Waals surface area (Å²) in [5, 5.41) is 12.8. The third kappa shape index (κ3) is 32.4. The molecule has 0 aromatic rings. The Labute approximate surface area is 476 Å². The van der Waals surface area contributed by atoms with Crippen LogP contribution in [0.2, 0.25) is 0 Å². The summed E-state index contributed by atoms with van der Waals surface area (Å²) in [6.45, 7) is 18.8. The number of nitrogens with one attached hydrogen (secondary N) is 4. The maximum absolute atomic E-state index is 12.4. The predicted molar refractivity (Wildman–Crippen MR) is 304 cm³/mol. The molecule has 4 N–H and O–H groups in total. The summed E-state index contributed by atoms with van der Waals surface area (Å²) in [5.41, 5.74) is -0.649. The molecular weight excluding hydrogens is 1010 g/mol. The Balaban J connectivity index is 0.985. The highest BCUT2D eigenvalue weighted by atomic mass is 16.6. The molecule has 4 saturated carbocycles. The monoisotopic (exact) mass is 1110 g/mol. The van der Waals surface area contributed by atoms with Crippen molar-refractivity contribution in [1.82, 2.24) is 21.3 Å². The Kier molecular flexibility index (Phi) is 36.8. The van der Waals surface area contributed by atoms with Gasteiger partial charge in [-0.1, -0.05) is 0 Å². The first-order valence-electron chi connectivity index (χ1n) is 30.1. The van der Waals surface area contributed by atoms with Crippen molar-refractivity contribution in [2.75, 3.05) is 179 Å². The Morgan fingerprint density at radius 3 is 1.16 bits per heavy atom. The van der Waals surface area contributed by atoms with E-state index in [0.29, 0.717) is 194 Å². The molecule has 4 fully saturated rings. The highest BCUT2D eigenvalue weighted by molar-refractivity contribution is 5.67. The van der Waals surface area contributed by atoms with Crippen LogP contribution in [-0.4, -0.2) is 185 Å². The maximum atomic E-state index is 12.4. The molecule has 1 amide bonds. The Morgan fingerprint density at radius 1 is 0.443 bits per heavy atom. The van der Waals surface area contributed by atoms with E-state index in [0.717, 1.165) is 82.5 Å². The summed E-state index contributed by atoms with van der Waals surface area (Å²) >= 11 is 0. The maximum Gasteiger partial charge on any atom is 0.407 e. The fourth-order valence-corrected chi connectivity index (χ4v) is 10.3. The molecular formula is C62H102N4O13. The molecule has 5 rings (SSSR count). The highest BCUT2D eigenvalue weighted by Gasteiger charge is 2.49. The lowest BCUT2D eigenvalue weighted by Gasteiger charge is -2.33. The number of alkyl carbamates (subject to hydrolysis) is 1. The van der Waals surface area contributed by atoms with E-state index in [1.165, 1.54) is 38.5 Å². The zero-order valence-corrected chi connectivity index (χ0v) is 48.8. The molecule has 0 aromatic heterocycles. The van der Waals surface area contributed by atoms with Gasteiger partial charge in [0.15, 0.2) is 0 Å². The van der Waals surface area contributed by atoms with Gasteiger partial charge in [0.1, 0.15) is 0 Å². The van der Waals surface area contributed by atoms with Crippen molar-refractivity contribution < 1.29 is 61.6 Å². The minimum atomic E-state index is -0.649. The van der Waals surface area contributed by atoms with Crippen LogP contribution < -0.4 is 21.3 Å². The van der Waals surface area contributed by atoms with E-state index in [1.807, 2.05) is 20.8 Å². The predicted octanol–water partition coefficient (Wildman–Crippen LogP) is 6.28. The van der Waals surface area contributed by atoms with Crippen molar-refractivity contribution in [3.05, 3.63) is 0 Å². The number of rotatable bonds is 52. The number of fused-ring (bicyclic) bond motifs is 1. The van der Waals surface area contributed by atoms with Gasteiger partial charge >= 0.3 is 6.09 Å². The average molecular weight is 1110 g/mol. The molecule has 9 atom stereocenters. The van der Waals surface area contributed by atoms with Crippen molar-refractivity contribution in [1.29, 1.82) is 0 Å². The third-order valence-electron chi connectivity index (χ3n) is 15.4. The first-order chi connectivity index (χ1) is 39.1. The highest BCUT2D eigenvalue weighted by Crippen LogP contribution is 2.52. The van der Waals surface area contributed by atoms with E-state index in [2.05, 4.69) is 68.6 Å². The average Bonchev–Trinajstić information content (AvgIpc) is 4.43. The van der Waals surface area contributed by atoms with Crippen LogP contribution in [0.25, 0.3) is 0 Å². The molecule has 448 valence electrons. The summed E-state index contributed by atoms with van der Waals surface area (Å²) < 4.78 is 71.8. The van der Waals surface area contributed by atoms with Crippen molar-refractivity contribution in [3.8, 4) is 47.4 Å². The summed E-state index contributed by atoms with van der Waals surface area (Å²) in [6.07, 6.45) is 13.9. The molecule has 5 aliphatic rings. The van der Waals surface area contributed by atoms with Crippen LogP contribution in [0.4, 0.5) is 4.79 Å². The second-order valence-electron chi connectivity index (χ2n) is 21.8. The molecule has 0 saturated heterocycles. The molecule has 0 spiro atoms. The molecule has 79 heavy (non-hydrogen) atoms. The van der Waals surface area contributed by atoms with E-state index < -0.39 is 11.5 Å². The number of ether oxygens (including phenoxy) is 12. The van der Waals surface area contributed by atoms with Gasteiger partial charge in [-0.2, -0.15) is 0 Å². The van der Waals surface area contributed by atoms with E-state index in [1.54, 1.807) is 0 Å². The molecule has 1 unspecified atom stereocenters. The number of hydrogen-bond acceptors (Lipinski definition) is 16. The van der Waals surface area contributed by atoms with Crippen molar-refractivity contribution in [2.24, 2.45) is 58.7 Å². The lowest BCUT2D eigenvalue weighted by atomic mass is 9.92. The Morgan fingerprint density at radius 2 is 0.797 bits per heavy atom. The lowest BCUT2D eigenvalue weighted by molar-refractivity contribution is -0.121. The molecule has 0 heterocycles. The molecule has 17 nitrogen and oxygen atoms in total. The van der Waals surface area contributed by atoms with Crippen molar-refractivity contribution >= 4 is 6.09 Å². The van der Waals surface area contributed by atoms with Gasteiger partial charge < -0.3 is 62.2 Å². The smallest absolute Gasteiger partial charge is 0.407 e. The van der Waals surface area contributed by atoms with E-state index in [9.17, 15) is 4.79 Å². The Hall–Kier alpha value is -3.05. The summed E-state index contributed by atoms with van der Waals surface area (Å²) in [4.78, 5) is 12.4. The largest absolute Gasteiger partial charge is 0.449 e. The van der Waals surface area contributed by atoms with Crippen molar-refractivity contribution in [2.45, 2.75) is 104 Å². The molecule has 0 aliphatic heterocycles.